The van der Waals surface area contributed by atoms with E-state index in [1.165, 1.54) is 0 Å². The van der Waals surface area contributed by atoms with Gasteiger partial charge in [0.2, 0.25) is 11.8 Å². The molecule has 1 saturated heterocycles. The molecule has 0 bridgehead atoms. The number of nitrogens with one attached hydrogen (secondary N) is 2. The highest BCUT2D eigenvalue weighted by Crippen LogP contribution is 2.04. The van der Waals surface area contributed by atoms with Gasteiger partial charge in [0.1, 0.15) is 0 Å². The van der Waals surface area contributed by atoms with E-state index in [1.54, 1.807) is 4.90 Å². The minimum Gasteiger partial charge on any atom is -0.346 e. The summed E-state index contributed by atoms with van der Waals surface area (Å²) in [5, 5.41) is 5.98. The van der Waals surface area contributed by atoms with Crippen LogP contribution in [0.3, 0.4) is 0 Å². The highest BCUT2D eigenvalue weighted by Gasteiger charge is 2.25. The standard InChI is InChI=1S/C13H26N4O2/c1-8(2)12(14)13(19)15-5-11(18)17-6-9(3)16-10(4)7-17/h8-10,12,16H,5-7,14H2,1-4H3,(H,15,19)/t9?,10?,12-/m0/s1. The number of nitrogens with two attached hydrogens (primary N) is 1. The van der Waals surface area contributed by atoms with Gasteiger partial charge in [-0.25, -0.2) is 0 Å². The normalized spacial score (nSPS) is 25.3. The molecule has 0 aliphatic carbocycles. The second-order valence-electron chi connectivity index (χ2n) is 5.76. The maximum absolute atomic E-state index is 12.0. The minimum atomic E-state index is -0.561. The lowest BCUT2D eigenvalue weighted by atomic mass is 10.1. The SMILES string of the molecule is CC1CN(C(=O)CNC(=O)[C@@H](N)C(C)C)CC(C)N1. The summed E-state index contributed by atoms with van der Waals surface area (Å²) < 4.78 is 0. The summed E-state index contributed by atoms with van der Waals surface area (Å²) in [6.07, 6.45) is 0. The molecule has 0 saturated carbocycles. The van der Waals surface area contributed by atoms with Crippen molar-refractivity contribution in [3.05, 3.63) is 0 Å². The Morgan fingerprint density at radius 1 is 1.32 bits per heavy atom. The van der Waals surface area contributed by atoms with E-state index in [0.717, 1.165) is 0 Å². The maximum atomic E-state index is 12.0. The Hall–Kier alpha value is -1.14. The Balaban J connectivity index is 2.41. The first-order valence-corrected chi connectivity index (χ1v) is 6.88. The van der Waals surface area contributed by atoms with Crippen molar-refractivity contribution < 1.29 is 9.59 Å². The second kappa shape index (κ2) is 6.86. The fraction of sp³-hybridized carbons (Fsp3) is 0.846. The van der Waals surface area contributed by atoms with Crippen molar-refractivity contribution >= 4 is 11.8 Å². The third kappa shape index (κ3) is 4.80. The molecule has 1 heterocycles. The molecule has 0 spiro atoms. The Bertz CT molecular complexity index is 323. The third-order valence-electron chi connectivity index (χ3n) is 3.35. The van der Waals surface area contributed by atoms with Gasteiger partial charge in [-0.3, -0.25) is 9.59 Å². The molecule has 6 nitrogen and oxygen atoms in total. The van der Waals surface area contributed by atoms with Gasteiger partial charge in [0.05, 0.1) is 12.6 Å². The molecule has 1 aliphatic heterocycles. The van der Waals surface area contributed by atoms with Gasteiger partial charge in [0.15, 0.2) is 0 Å². The molecule has 0 aromatic rings. The zero-order valence-electron chi connectivity index (χ0n) is 12.3. The predicted molar refractivity (Wildman–Crippen MR) is 74.5 cm³/mol. The third-order valence-corrected chi connectivity index (χ3v) is 3.35. The van der Waals surface area contributed by atoms with E-state index in [0.29, 0.717) is 13.1 Å². The van der Waals surface area contributed by atoms with Gasteiger partial charge in [-0.1, -0.05) is 13.8 Å². The van der Waals surface area contributed by atoms with Gasteiger partial charge in [0, 0.05) is 25.2 Å². The van der Waals surface area contributed by atoms with Gasteiger partial charge in [-0.05, 0) is 19.8 Å². The van der Waals surface area contributed by atoms with E-state index >= 15 is 0 Å². The van der Waals surface area contributed by atoms with Crippen LogP contribution in [0.1, 0.15) is 27.7 Å². The summed E-state index contributed by atoms with van der Waals surface area (Å²) in [5.41, 5.74) is 5.72. The Morgan fingerprint density at radius 2 is 1.84 bits per heavy atom. The zero-order chi connectivity index (χ0) is 14.6. The van der Waals surface area contributed by atoms with Crippen LogP contribution in [-0.2, 0) is 9.59 Å². The molecule has 0 aromatic carbocycles. The average molecular weight is 270 g/mol. The maximum Gasteiger partial charge on any atom is 0.242 e. The van der Waals surface area contributed by atoms with Crippen molar-refractivity contribution in [2.24, 2.45) is 11.7 Å². The predicted octanol–water partition coefficient (Wildman–Crippen LogP) is -0.705. The molecule has 2 unspecified atom stereocenters. The van der Waals surface area contributed by atoms with Crippen LogP contribution in [0, 0.1) is 5.92 Å². The minimum absolute atomic E-state index is 0.0265. The summed E-state index contributed by atoms with van der Waals surface area (Å²) >= 11 is 0. The largest absolute Gasteiger partial charge is 0.346 e. The molecule has 1 fully saturated rings. The van der Waals surface area contributed by atoms with Gasteiger partial charge in [-0.2, -0.15) is 0 Å². The highest BCUT2D eigenvalue weighted by atomic mass is 16.2. The fourth-order valence-electron chi connectivity index (χ4n) is 2.23. The number of piperazine rings is 1. The first-order chi connectivity index (χ1) is 8.81. The van der Waals surface area contributed by atoms with E-state index in [4.69, 9.17) is 5.73 Å². The van der Waals surface area contributed by atoms with Crippen molar-refractivity contribution in [1.29, 1.82) is 0 Å². The Kier molecular flexibility index (Phi) is 5.75. The van der Waals surface area contributed by atoms with Crippen LogP contribution in [-0.4, -0.2) is 54.5 Å². The first kappa shape index (κ1) is 15.9. The number of rotatable bonds is 4. The van der Waals surface area contributed by atoms with E-state index in [9.17, 15) is 9.59 Å². The van der Waals surface area contributed by atoms with Gasteiger partial charge >= 0.3 is 0 Å². The van der Waals surface area contributed by atoms with E-state index < -0.39 is 6.04 Å². The van der Waals surface area contributed by atoms with Crippen molar-refractivity contribution in [2.75, 3.05) is 19.6 Å². The topological polar surface area (TPSA) is 87.5 Å². The average Bonchev–Trinajstić information content (AvgIpc) is 2.33. The summed E-state index contributed by atoms with van der Waals surface area (Å²) in [7, 11) is 0. The lowest BCUT2D eigenvalue weighted by molar-refractivity contribution is -0.134. The highest BCUT2D eigenvalue weighted by molar-refractivity contribution is 5.87. The smallest absolute Gasteiger partial charge is 0.242 e. The van der Waals surface area contributed by atoms with E-state index in [-0.39, 0.29) is 36.4 Å². The fourth-order valence-corrected chi connectivity index (χ4v) is 2.23. The van der Waals surface area contributed by atoms with Gasteiger partial charge < -0.3 is 21.3 Å². The summed E-state index contributed by atoms with van der Waals surface area (Å²) in [4.78, 5) is 25.5. The molecule has 1 rings (SSSR count). The van der Waals surface area contributed by atoms with Gasteiger partial charge in [-0.15, -0.1) is 0 Å². The molecule has 19 heavy (non-hydrogen) atoms. The number of carbonyl (C=O) groups is 2. The monoisotopic (exact) mass is 270 g/mol. The van der Waals surface area contributed by atoms with Crippen molar-refractivity contribution in [1.82, 2.24) is 15.5 Å². The van der Waals surface area contributed by atoms with Crippen LogP contribution >= 0.6 is 0 Å². The van der Waals surface area contributed by atoms with E-state index in [1.807, 2.05) is 27.7 Å². The number of hydrogen-bond donors (Lipinski definition) is 3. The molecule has 4 N–H and O–H groups in total. The number of amides is 2. The van der Waals surface area contributed by atoms with Crippen LogP contribution in [0.5, 0.6) is 0 Å². The molecule has 6 heteroatoms. The molecule has 0 radical (unpaired) electrons. The number of hydrogen-bond acceptors (Lipinski definition) is 4. The van der Waals surface area contributed by atoms with Crippen molar-refractivity contribution in [3.8, 4) is 0 Å². The Morgan fingerprint density at radius 3 is 2.32 bits per heavy atom. The molecular formula is C13H26N4O2. The summed E-state index contributed by atoms with van der Waals surface area (Å²) in [6.45, 7) is 9.23. The van der Waals surface area contributed by atoms with E-state index in [2.05, 4.69) is 10.6 Å². The molecule has 3 atom stereocenters. The van der Waals surface area contributed by atoms with Crippen molar-refractivity contribution in [3.63, 3.8) is 0 Å². The number of nitrogens with zero attached hydrogens (tertiary/aromatic N) is 1. The molecule has 110 valence electrons. The van der Waals surface area contributed by atoms with Crippen LogP contribution < -0.4 is 16.4 Å². The van der Waals surface area contributed by atoms with Gasteiger partial charge in [0.25, 0.3) is 0 Å². The van der Waals surface area contributed by atoms with Crippen molar-refractivity contribution in [2.45, 2.75) is 45.8 Å². The molecule has 0 aromatic heterocycles. The Labute approximate surface area is 115 Å². The van der Waals surface area contributed by atoms with Crippen LogP contribution in [0.4, 0.5) is 0 Å². The number of carbonyl (C=O) groups excluding carboxylic acids is 2. The second-order valence-corrected chi connectivity index (χ2v) is 5.76. The summed E-state index contributed by atoms with van der Waals surface area (Å²) in [5.74, 6) is -0.251. The van der Waals surface area contributed by atoms with Crippen LogP contribution in [0.15, 0.2) is 0 Å². The zero-order valence-corrected chi connectivity index (χ0v) is 12.3. The molecule has 1 aliphatic rings. The van der Waals surface area contributed by atoms with Crippen LogP contribution in [0.2, 0.25) is 0 Å². The molecular weight excluding hydrogens is 244 g/mol. The first-order valence-electron chi connectivity index (χ1n) is 6.88. The van der Waals surface area contributed by atoms with Crippen LogP contribution in [0.25, 0.3) is 0 Å². The lowest BCUT2D eigenvalue weighted by Gasteiger charge is -2.36. The summed E-state index contributed by atoms with van der Waals surface area (Å²) in [6, 6.07) is -0.00341. The quantitative estimate of drug-likeness (QED) is 0.630. The lowest BCUT2D eigenvalue weighted by Crippen LogP contribution is -2.57. The molecule has 2 amide bonds.